The second-order valence-corrected chi connectivity index (χ2v) is 7.58. The number of aryl methyl sites for hydroxylation is 1. The van der Waals surface area contributed by atoms with Crippen LogP contribution in [0, 0.1) is 0 Å². The number of anilines is 1. The molecule has 1 amide bonds. The van der Waals surface area contributed by atoms with Gasteiger partial charge < -0.3 is 9.47 Å². The summed E-state index contributed by atoms with van der Waals surface area (Å²) in [7, 11) is 3.82. The van der Waals surface area contributed by atoms with E-state index >= 15 is 0 Å². The Labute approximate surface area is 166 Å². The molecule has 1 aromatic rings. The second kappa shape index (κ2) is 6.90. The molecule has 29 heavy (non-hydrogen) atoms. The quantitative estimate of drug-likeness (QED) is 0.755. The first kappa shape index (κ1) is 19.5. The first-order valence-corrected chi connectivity index (χ1v) is 9.42. The maximum Gasteiger partial charge on any atom is 0.406 e. The maximum absolute atomic E-state index is 13.0. The van der Waals surface area contributed by atoms with Crippen molar-refractivity contribution in [3.63, 3.8) is 0 Å². The van der Waals surface area contributed by atoms with Gasteiger partial charge in [-0.3, -0.25) is 15.0 Å². The lowest BCUT2D eigenvalue weighted by Gasteiger charge is -2.24. The molecular formula is C18H23F3N7O+. The fourth-order valence-corrected chi connectivity index (χ4v) is 3.66. The van der Waals surface area contributed by atoms with Crippen LogP contribution in [0.3, 0.4) is 0 Å². The van der Waals surface area contributed by atoms with Crippen LogP contribution in [0.1, 0.15) is 25.1 Å². The number of fused-ring (bicyclic) bond motifs is 1. The van der Waals surface area contributed by atoms with E-state index in [0.29, 0.717) is 31.6 Å². The number of amidine groups is 1. The lowest BCUT2D eigenvalue weighted by molar-refractivity contribution is -0.826. The van der Waals surface area contributed by atoms with E-state index < -0.39 is 12.7 Å². The number of hydrogen-bond donors (Lipinski definition) is 1. The van der Waals surface area contributed by atoms with E-state index in [1.807, 2.05) is 37.6 Å². The van der Waals surface area contributed by atoms with Gasteiger partial charge in [0.15, 0.2) is 11.7 Å². The number of halogens is 3. The zero-order valence-corrected chi connectivity index (χ0v) is 16.3. The molecule has 0 radical (unpaired) electrons. The highest BCUT2D eigenvalue weighted by atomic mass is 19.4. The van der Waals surface area contributed by atoms with E-state index in [9.17, 15) is 18.0 Å². The fraction of sp³-hybridized carbons (Fsp3) is 0.500. The van der Waals surface area contributed by atoms with Crippen LogP contribution >= 0.6 is 0 Å². The summed E-state index contributed by atoms with van der Waals surface area (Å²) in [5, 5.41) is 7.87. The van der Waals surface area contributed by atoms with Gasteiger partial charge in [-0.2, -0.15) is 13.2 Å². The molecule has 0 spiro atoms. The molecule has 8 nitrogen and oxygen atoms in total. The van der Waals surface area contributed by atoms with Gasteiger partial charge in [0, 0.05) is 39.1 Å². The van der Waals surface area contributed by atoms with Crippen LogP contribution < -0.4 is 10.2 Å². The van der Waals surface area contributed by atoms with Crippen LogP contribution in [0.4, 0.5) is 19.0 Å². The number of rotatable bonds is 5. The van der Waals surface area contributed by atoms with Gasteiger partial charge in [-0.1, -0.05) is 5.10 Å². The second-order valence-electron chi connectivity index (χ2n) is 7.58. The minimum atomic E-state index is -4.37. The zero-order valence-electron chi connectivity index (χ0n) is 16.3. The number of hydrogen-bond acceptors (Lipinski definition) is 5. The molecule has 3 aliphatic heterocycles. The van der Waals surface area contributed by atoms with Crippen molar-refractivity contribution in [3.05, 3.63) is 36.4 Å². The molecule has 4 rings (SSSR count). The van der Waals surface area contributed by atoms with Crippen LogP contribution in [0.2, 0.25) is 0 Å². The van der Waals surface area contributed by atoms with E-state index in [0.717, 1.165) is 10.4 Å². The first-order chi connectivity index (χ1) is 13.6. The number of imidazole rings is 1. The Morgan fingerprint density at radius 3 is 2.79 bits per heavy atom. The van der Waals surface area contributed by atoms with Gasteiger partial charge in [-0.15, -0.1) is 4.59 Å². The van der Waals surface area contributed by atoms with E-state index in [1.54, 1.807) is 0 Å². The fourth-order valence-electron chi connectivity index (χ4n) is 3.66. The number of alkyl halides is 3. The third-order valence-electron chi connectivity index (χ3n) is 5.14. The normalized spacial score (nSPS) is 24.0. The summed E-state index contributed by atoms with van der Waals surface area (Å²) in [6.07, 6.45) is 4.45. The van der Waals surface area contributed by atoms with Crippen molar-refractivity contribution in [1.82, 2.24) is 19.8 Å². The van der Waals surface area contributed by atoms with Crippen LogP contribution in [-0.2, 0) is 17.8 Å². The van der Waals surface area contributed by atoms with Crippen LogP contribution in [0.15, 0.2) is 35.7 Å². The molecule has 0 saturated carbocycles. The summed E-state index contributed by atoms with van der Waals surface area (Å²) in [4.78, 5) is 19.7. The van der Waals surface area contributed by atoms with Gasteiger partial charge in [0.25, 0.3) is 5.82 Å². The lowest BCUT2D eigenvalue weighted by Crippen LogP contribution is -2.36. The number of aromatic nitrogens is 2. The van der Waals surface area contributed by atoms with Crippen molar-refractivity contribution in [2.24, 2.45) is 5.10 Å². The molecule has 0 aliphatic carbocycles. The van der Waals surface area contributed by atoms with E-state index in [2.05, 4.69) is 15.4 Å². The number of nitrogens with zero attached hydrogens (tertiary/aromatic N) is 6. The van der Waals surface area contributed by atoms with Crippen LogP contribution in [0.5, 0.6) is 0 Å². The standard InChI is InChI=1S/C18H23F3N7O/c1-25-8-9-28(2)16(11-25)22-13(24-28)5-6-14-23-15(27-7-3-4-17(27)29)10-26(14)12-18(19,20)21/h8-11H,3-7,12H2,1-2H3,(H,22,24)/q+1. The Balaban J connectivity index is 1.53. The largest absolute Gasteiger partial charge is 0.406 e. The van der Waals surface area contributed by atoms with Crippen molar-refractivity contribution in [2.75, 3.05) is 25.5 Å². The molecule has 1 N–H and O–H groups in total. The molecule has 1 atom stereocenters. The third-order valence-corrected chi connectivity index (χ3v) is 5.14. The molecule has 1 saturated heterocycles. The van der Waals surface area contributed by atoms with Gasteiger partial charge in [0.05, 0.1) is 12.4 Å². The molecule has 0 bridgehead atoms. The van der Waals surface area contributed by atoms with Gasteiger partial charge in [-0.25, -0.2) is 4.98 Å². The molecule has 1 aromatic heterocycles. The highest BCUT2D eigenvalue weighted by Gasteiger charge is 2.37. The topological polar surface area (TPSA) is 65.8 Å². The minimum absolute atomic E-state index is 0.104. The van der Waals surface area contributed by atoms with Crippen LogP contribution in [0.25, 0.3) is 0 Å². The van der Waals surface area contributed by atoms with Gasteiger partial charge >= 0.3 is 6.18 Å². The number of carbonyl (C=O) groups excluding carboxylic acids is 1. The molecule has 1 fully saturated rings. The lowest BCUT2D eigenvalue weighted by atomic mass is 10.2. The molecule has 4 heterocycles. The number of nitrogens with one attached hydrogen (secondary N) is 1. The number of amides is 1. The monoisotopic (exact) mass is 410 g/mol. The molecular weight excluding hydrogens is 387 g/mol. The first-order valence-electron chi connectivity index (χ1n) is 9.42. The number of carbonyl (C=O) groups is 1. The van der Waals surface area contributed by atoms with Crippen LogP contribution in [-0.4, -0.2) is 57.6 Å². The summed E-state index contributed by atoms with van der Waals surface area (Å²) in [6, 6.07) is 0. The Morgan fingerprint density at radius 1 is 1.31 bits per heavy atom. The van der Waals surface area contributed by atoms with E-state index in [4.69, 9.17) is 0 Å². The highest BCUT2D eigenvalue weighted by molar-refractivity contribution is 5.94. The Morgan fingerprint density at radius 2 is 2.10 bits per heavy atom. The predicted octanol–water partition coefficient (Wildman–Crippen LogP) is 2.08. The SMILES string of the molecule is CN1C=C[N+]2(C)N=C(CCc3nc(N4CCCC4=O)cn3CC(F)(F)F)NC2=C1. The van der Waals surface area contributed by atoms with Gasteiger partial charge in [0.1, 0.15) is 25.6 Å². The average molecular weight is 410 g/mol. The van der Waals surface area contributed by atoms with Crippen molar-refractivity contribution < 1.29 is 22.6 Å². The van der Waals surface area contributed by atoms with Crippen molar-refractivity contribution in [2.45, 2.75) is 38.4 Å². The molecule has 3 aliphatic rings. The van der Waals surface area contributed by atoms with Gasteiger partial charge in [0.2, 0.25) is 5.91 Å². The van der Waals surface area contributed by atoms with Crippen molar-refractivity contribution in [3.8, 4) is 0 Å². The summed E-state index contributed by atoms with van der Waals surface area (Å²) in [5.41, 5.74) is 0. The Kier molecular flexibility index (Phi) is 4.64. The zero-order chi connectivity index (χ0) is 20.8. The minimum Gasteiger partial charge on any atom is -0.346 e. The average Bonchev–Trinajstić information content (AvgIpc) is 3.29. The summed E-state index contributed by atoms with van der Waals surface area (Å²) >= 11 is 0. The predicted molar refractivity (Wildman–Crippen MR) is 99.9 cm³/mol. The molecule has 11 heteroatoms. The Bertz CT molecular complexity index is 917. The van der Waals surface area contributed by atoms with Crippen molar-refractivity contribution in [1.29, 1.82) is 0 Å². The smallest absolute Gasteiger partial charge is 0.346 e. The summed E-state index contributed by atoms with van der Waals surface area (Å²) in [5.74, 6) is 2.02. The molecule has 1 unspecified atom stereocenters. The molecule has 156 valence electrons. The van der Waals surface area contributed by atoms with E-state index in [-0.39, 0.29) is 28.6 Å². The third kappa shape index (κ3) is 4.00. The number of quaternary nitrogens is 1. The highest BCUT2D eigenvalue weighted by Crippen LogP contribution is 2.27. The maximum atomic E-state index is 13.0. The Hall–Kier alpha value is -2.82. The van der Waals surface area contributed by atoms with Gasteiger partial charge in [-0.05, 0) is 6.42 Å². The van der Waals surface area contributed by atoms with Crippen molar-refractivity contribution >= 4 is 17.6 Å². The summed E-state index contributed by atoms with van der Waals surface area (Å²) < 4.78 is 40.4. The molecule has 0 aromatic carbocycles. The summed E-state index contributed by atoms with van der Waals surface area (Å²) in [6.45, 7) is -0.650. The van der Waals surface area contributed by atoms with E-state index in [1.165, 1.54) is 11.1 Å².